The Morgan fingerprint density at radius 2 is 1.55 bits per heavy atom. The molecule has 8 nitrogen and oxygen atoms in total. The number of carbonyl (C=O) groups excluding carboxylic acids is 1. The number of hydrogen-bond donors (Lipinski definition) is 1. The minimum atomic E-state index is -3.86. The number of sulfonamides is 1. The predicted octanol–water partition coefficient (Wildman–Crippen LogP) is 5.90. The molecule has 1 atom stereocenters. The number of amides is 1. The van der Waals surface area contributed by atoms with E-state index in [4.69, 9.17) is 9.47 Å². The Bertz CT molecular complexity index is 1200. The highest BCUT2D eigenvalue weighted by Gasteiger charge is 2.27. The molecule has 0 bridgehead atoms. The number of unbranched alkanes of at least 4 members (excludes halogenated alkanes) is 7. The molecule has 1 N–H and O–H groups in total. The van der Waals surface area contributed by atoms with Crippen molar-refractivity contribution in [3.63, 3.8) is 0 Å². The first-order valence-corrected chi connectivity index (χ1v) is 15.0. The number of hydrazone groups is 1. The quantitative estimate of drug-likeness (QED) is 0.282. The van der Waals surface area contributed by atoms with Crippen LogP contribution < -0.4 is 19.2 Å². The molecule has 1 amide bonds. The van der Waals surface area contributed by atoms with Crippen LogP contribution in [-0.4, -0.2) is 40.8 Å². The second-order valence-corrected chi connectivity index (χ2v) is 11.6. The molecule has 0 saturated carbocycles. The first-order chi connectivity index (χ1) is 18.3. The van der Waals surface area contributed by atoms with Crippen LogP contribution in [-0.2, 0) is 14.8 Å². The molecule has 1 aliphatic rings. The zero-order valence-corrected chi connectivity index (χ0v) is 23.9. The Morgan fingerprint density at radius 1 is 0.921 bits per heavy atom. The molecule has 3 rings (SSSR count). The van der Waals surface area contributed by atoms with Crippen molar-refractivity contribution >= 4 is 27.3 Å². The fourth-order valence-corrected chi connectivity index (χ4v) is 6.20. The number of rotatable bonds is 15. The van der Waals surface area contributed by atoms with Gasteiger partial charge < -0.3 is 9.47 Å². The van der Waals surface area contributed by atoms with Crippen molar-refractivity contribution in [1.29, 1.82) is 0 Å². The number of benzene rings is 2. The van der Waals surface area contributed by atoms with Gasteiger partial charge in [0.25, 0.3) is 10.0 Å². The van der Waals surface area contributed by atoms with Crippen molar-refractivity contribution in [2.24, 2.45) is 11.0 Å². The number of nitrogens with zero attached hydrogens (tertiary/aromatic N) is 2. The summed E-state index contributed by atoms with van der Waals surface area (Å²) in [5, 5.41) is 4.22. The minimum absolute atomic E-state index is 0.0153. The lowest BCUT2D eigenvalue weighted by Crippen LogP contribution is -2.33. The van der Waals surface area contributed by atoms with E-state index < -0.39 is 10.0 Å². The smallest absolute Gasteiger partial charge is 0.264 e. The largest absolute Gasteiger partial charge is 0.493 e. The van der Waals surface area contributed by atoms with Crippen LogP contribution in [0.4, 0.5) is 5.69 Å². The van der Waals surface area contributed by atoms with Crippen LogP contribution in [0.2, 0.25) is 0 Å². The van der Waals surface area contributed by atoms with E-state index in [1.165, 1.54) is 56.7 Å². The summed E-state index contributed by atoms with van der Waals surface area (Å²) in [6.45, 7) is 4.54. The summed E-state index contributed by atoms with van der Waals surface area (Å²) in [4.78, 5) is 11.8. The SMILES string of the molecule is CCCCCCCCCCN(c1ccc(C2=NNC(=O)CC2C)cc1)S(=O)(=O)c1ccc(OC)c(OC)c1. The summed E-state index contributed by atoms with van der Waals surface area (Å²) >= 11 is 0. The number of anilines is 1. The number of ether oxygens (including phenoxy) is 2. The molecule has 0 saturated heterocycles. The van der Waals surface area contributed by atoms with Crippen LogP contribution >= 0.6 is 0 Å². The van der Waals surface area contributed by atoms with E-state index in [9.17, 15) is 13.2 Å². The fourth-order valence-electron chi connectivity index (χ4n) is 4.68. The van der Waals surface area contributed by atoms with Gasteiger partial charge in [0.1, 0.15) is 0 Å². The lowest BCUT2D eigenvalue weighted by molar-refractivity contribution is -0.121. The maximum Gasteiger partial charge on any atom is 0.264 e. The van der Waals surface area contributed by atoms with Crippen LogP contribution in [0.3, 0.4) is 0 Å². The standard InChI is InChI=1S/C29H41N3O5S/c1-5-6-7-8-9-10-11-12-19-32(38(34,35)25-17-18-26(36-3)27(21-25)37-4)24-15-13-23(14-16-24)29-22(2)20-28(33)30-31-29/h13-18,21-22H,5-12,19-20H2,1-4H3,(H,30,33). The molecule has 9 heteroatoms. The van der Waals surface area contributed by atoms with Crippen molar-refractivity contribution < 1.29 is 22.7 Å². The van der Waals surface area contributed by atoms with Crippen LogP contribution in [0.15, 0.2) is 52.5 Å². The van der Waals surface area contributed by atoms with E-state index in [1.807, 2.05) is 31.2 Å². The Morgan fingerprint density at radius 3 is 2.16 bits per heavy atom. The van der Waals surface area contributed by atoms with Gasteiger partial charge in [-0.2, -0.15) is 5.10 Å². The summed E-state index contributed by atoms with van der Waals surface area (Å²) in [6.07, 6.45) is 9.35. The molecule has 0 fully saturated rings. The van der Waals surface area contributed by atoms with Crippen LogP contribution in [0.5, 0.6) is 11.5 Å². The van der Waals surface area contributed by atoms with Crippen LogP contribution in [0.25, 0.3) is 0 Å². The van der Waals surface area contributed by atoms with Gasteiger partial charge in [0.05, 0.1) is 30.5 Å². The van der Waals surface area contributed by atoms with Crippen LogP contribution in [0, 0.1) is 5.92 Å². The number of hydrogen-bond acceptors (Lipinski definition) is 6. The van der Waals surface area contributed by atoms with Gasteiger partial charge in [-0.1, -0.05) is 70.9 Å². The van der Waals surface area contributed by atoms with E-state index in [0.717, 1.165) is 30.5 Å². The Kier molecular flexibility index (Phi) is 11.0. The second kappa shape index (κ2) is 14.2. The molecule has 1 aliphatic heterocycles. The van der Waals surface area contributed by atoms with Crippen molar-refractivity contribution in [1.82, 2.24) is 5.43 Å². The van der Waals surface area contributed by atoms with Gasteiger partial charge in [0, 0.05) is 24.9 Å². The highest BCUT2D eigenvalue weighted by molar-refractivity contribution is 7.92. The van der Waals surface area contributed by atoms with Gasteiger partial charge in [0.15, 0.2) is 11.5 Å². The highest BCUT2D eigenvalue weighted by Crippen LogP contribution is 2.33. The Labute approximate surface area is 227 Å². The maximum atomic E-state index is 13.9. The van der Waals surface area contributed by atoms with Gasteiger partial charge in [-0.25, -0.2) is 13.8 Å². The van der Waals surface area contributed by atoms with Gasteiger partial charge >= 0.3 is 0 Å². The average molecular weight is 544 g/mol. The Hall–Kier alpha value is -3.07. The number of nitrogens with one attached hydrogen (secondary N) is 1. The van der Waals surface area contributed by atoms with Gasteiger partial charge in [-0.15, -0.1) is 0 Å². The molecule has 1 heterocycles. The molecule has 208 valence electrons. The molecule has 38 heavy (non-hydrogen) atoms. The molecule has 0 aromatic heterocycles. The third-order valence-electron chi connectivity index (χ3n) is 6.87. The lowest BCUT2D eigenvalue weighted by atomic mass is 9.94. The van der Waals surface area contributed by atoms with Gasteiger partial charge in [-0.3, -0.25) is 9.10 Å². The molecule has 2 aromatic rings. The van der Waals surface area contributed by atoms with E-state index in [1.54, 1.807) is 12.1 Å². The van der Waals surface area contributed by atoms with E-state index in [2.05, 4.69) is 17.5 Å². The first-order valence-electron chi connectivity index (χ1n) is 13.5. The van der Waals surface area contributed by atoms with Crippen molar-refractivity contribution in [3.8, 4) is 11.5 Å². The van der Waals surface area contributed by atoms with Crippen molar-refractivity contribution in [2.75, 3.05) is 25.1 Å². The summed E-state index contributed by atoms with van der Waals surface area (Å²) in [5.74, 6) is 0.719. The fraction of sp³-hybridized carbons (Fsp3) is 0.517. The zero-order valence-electron chi connectivity index (χ0n) is 23.0. The Balaban J connectivity index is 1.83. The van der Waals surface area contributed by atoms with E-state index >= 15 is 0 Å². The summed E-state index contributed by atoms with van der Waals surface area (Å²) in [7, 11) is -0.854. The normalized spacial score (nSPS) is 15.5. The minimum Gasteiger partial charge on any atom is -0.493 e. The lowest BCUT2D eigenvalue weighted by Gasteiger charge is -2.26. The van der Waals surface area contributed by atoms with E-state index in [0.29, 0.717) is 30.2 Å². The zero-order chi connectivity index (χ0) is 27.5. The first kappa shape index (κ1) is 29.5. The molecule has 1 unspecified atom stereocenters. The third-order valence-corrected chi connectivity index (χ3v) is 8.69. The molecule has 0 radical (unpaired) electrons. The number of methoxy groups -OCH3 is 2. The van der Waals surface area contributed by atoms with E-state index in [-0.39, 0.29) is 16.7 Å². The third kappa shape index (κ3) is 7.49. The second-order valence-electron chi connectivity index (χ2n) is 9.75. The summed E-state index contributed by atoms with van der Waals surface area (Å²) in [6, 6.07) is 12.0. The molecule has 0 aliphatic carbocycles. The molecular formula is C29H41N3O5S. The predicted molar refractivity (Wildman–Crippen MR) is 152 cm³/mol. The monoisotopic (exact) mass is 543 g/mol. The highest BCUT2D eigenvalue weighted by atomic mass is 32.2. The van der Waals surface area contributed by atoms with Crippen molar-refractivity contribution in [2.45, 2.75) is 76.5 Å². The van der Waals surface area contributed by atoms with Crippen molar-refractivity contribution in [3.05, 3.63) is 48.0 Å². The number of carbonyl (C=O) groups is 1. The topological polar surface area (TPSA) is 97.3 Å². The molecule has 0 spiro atoms. The average Bonchev–Trinajstić information content (AvgIpc) is 2.92. The van der Waals surface area contributed by atoms with Gasteiger partial charge in [0.2, 0.25) is 5.91 Å². The summed E-state index contributed by atoms with van der Waals surface area (Å²) in [5.41, 5.74) is 4.77. The molecular weight excluding hydrogens is 502 g/mol. The summed E-state index contributed by atoms with van der Waals surface area (Å²) < 4.78 is 39.9. The molecule has 2 aromatic carbocycles. The van der Waals surface area contributed by atoms with Crippen LogP contribution in [0.1, 0.15) is 77.2 Å². The van der Waals surface area contributed by atoms with Gasteiger partial charge in [-0.05, 0) is 36.2 Å². The maximum absolute atomic E-state index is 13.9.